The van der Waals surface area contributed by atoms with Crippen molar-refractivity contribution in [3.63, 3.8) is 0 Å². The van der Waals surface area contributed by atoms with Crippen LogP contribution in [0.25, 0.3) is 11.4 Å². The van der Waals surface area contributed by atoms with Crippen molar-refractivity contribution < 1.29 is 0 Å². The van der Waals surface area contributed by atoms with Crippen molar-refractivity contribution >= 4 is 15.9 Å². The van der Waals surface area contributed by atoms with Crippen LogP contribution in [0.1, 0.15) is 22.0 Å². The molecule has 0 saturated carbocycles. The minimum atomic E-state index is -0.0798. The number of hydrogen-bond acceptors (Lipinski definition) is 3. The van der Waals surface area contributed by atoms with E-state index in [0.717, 1.165) is 17.0 Å². The number of benzene rings is 3. The van der Waals surface area contributed by atoms with E-state index in [1.165, 1.54) is 5.56 Å². The highest BCUT2D eigenvalue weighted by molar-refractivity contribution is 9.09. The first kappa shape index (κ1) is 16.7. The SMILES string of the molecule is Br[C@@H](c1ccccc1)[C@@H](c1ccccc1)n1nnnc1-c1ccccc1. The fourth-order valence-corrected chi connectivity index (χ4v) is 3.90. The van der Waals surface area contributed by atoms with Crippen LogP contribution in [0.3, 0.4) is 0 Å². The minimum Gasteiger partial charge on any atom is -0.216 e. The zero-order valence-electron chi connectivity index (χ0n) is 14.0. The number of hydrogen-bond donors (Lipinski definition) is 0. The van der Waals surface area contributed by atoms with E-state index >= 15 is 0 Å². The molecule has 3 aromatic carbocycles. The molecule has 1 aromatic heterocycles. The molecule has 5 heteroatoms. The van der Waals surface area contributed by atoms with Gasteiger partial charge in [-0.1, -0.05) is 107 Å². The standard InChI is InChI=1S/C21H17BrN4/c22-19(16-10-4-1-5-11-16)20(17-12-6-2-7-13-17)26-21(23-24-25-26)18-14-8-3-9-15-18/h1-15,19-20H/t19-,20+/m0/s1. The smallest absolute Gasteiger partial charge is 0.182 e. The average molecular weight is 405 g/mol. The van der Waals surface area contributed by atoms with E-state index in [0.29, 0.717) is 0 Å². The van der Waals surface area contributed by atoms with E-state index in [1.54, 1.807) is 0 Å². The van der Waals surface area contributed by atoms with E-state index in [-0.39, 0.29) is 10.9 Å². The molecule has 0 aliphatic carbocycles. The van der Waals surface area contributed by atoms with Crippen LogP contribution in [0, 0.1) is 0 Å². The number of rotatable bonds is 5. The van der Waals surface area contributed by atoms with Crippen LogP contribution in [0.15, 0.2) is 91.0 Å². The van der Waals surface area contributed by atoms with Gasteiger partial charge in [-0.05, 0) is 21.6 Å². The normalized spacial score (nSPS) is 13.3. The van der Waals surface area contributed by atoms with E-state index in [4.69, 9.17) is 0 Å². The molecule has 4 rings (SSSR count). The Morgan fingerprint density at radius 1 is 0.692 bits per heavy atom. The maximum absolute atomic E-state index is 4.34. The maximum atomic E-state index is 4.34. The Labute approximate surface area is 160 Å². The van der Waals surface area contributed by atoms with Gasteiger partial charge >= 0.3 is 0 Å². The Bertz CT molecular complexity index is 955. The quantitative estimate of drug-likeness (QED) is 0.436. The van der Waals surface area contributed by atoms with Crippen molar-refractivity contribution in [2.24, 2.45) is 0 Å². The summed E-state index contributed by atoms with van der Waals surface area (Å²) in [6.07, 6.45) is 0. The number of halogens is 1. The highest BCUT2D eigenvalue weighted by Gasteiger charge is 2.28. The Morgan fingerprint density at radius 2 is 1.23 bits per heavy atom. The molecule has 0 amide bonds. The van der Waals surface area contributed by atoms with Crippen molar-refractivity contribution in [1.82, 2.24) is 20.2 Å². The minimum absolute atomic E-state index is 0.0251. The molecule has 0 spiro atoms. The summed E-state index contributed by atoms with van der Waals surface area (Å²) in [6, 6.07) is 30.6. The second kappa shape index (κ2) is 7.62. The molecule has 0 aliphatic rings. The highest BCUT2D eigenvalue weighted by Crippen LogP contribution is 2.40. The van der Waals surface area contributed by atoms with Gasteiger partial charge in [0.25, 0.3) is 0 Å². The van der Waals surface area contributed by atoms with Gasteiger partial charge in [0.15, 0.2) is 5.82 Å². The third-order valence-electron chi connectivity index (χ3n) is 4.32. The number of alkyl halides is 1. The van der Waals surface area contributed by atoms with Crippen LogP contribution < -0.4 is 0 Å². The number of tetrazole rings is 1. The lowest BCUT2D eigenvalue weighted by atomic mass is 9.98. The van der Waals surface area contributed by atoms with Crippen LogP contribution in [-0.2, 0) is 0 Å². The lowest BCUT2D eigenvalue weighted by Crippen LogP contribution is -2.18. The van der Waals surface area contributed by atoms with Crippen LogP contribution in [-0.4, -0.2) is 20.2 Å². The molecule has 26 heavy (non-hydrogen) atoms. The summed E-state index contributed by atoms with van der Waals surface area (Å²) in [4.78, 5) is 0.0251. The fourth-order valence-electron chi connectivity index (χ4n) is 3.06. The molecule has 0 bridgehead atoms. The lowest BCUT2D eigenvalue weighted by molar-refractivity contribution is 0.505. The molecule has 4 aromatic rings. The van der Waals surface area contributed by atoms with Gasteiger partial charge in [-0.15, -0.1) is 5.10 Å². The Balaban J connectivity index is 1.84. The molecular formula is C21H17BrN4. The summed E-state index contributed by atoms with van der Waals surface area (Å²) < 4.78 is 1.90. The first-order valence-corrected chi connectivity index (χ1v) is 9.33. The molecule has 128 valence electrons. The third kappa shape index (κ3) is 3.30. The zero-order valence-corrected chi connectivity index (χ0v) is 15.6. The largest absolute Gasteiger partial charge is 0.216 e. The van der Waals surface area contributed by atoms with Crippen molar-refractivity contribution in [2.75, 3.05) is 0 Å². The van der Waals surface area contributed by atoms with Gasteiger partial charge in [0, 0.05) is 5.56 Å². The molecule has 0 aliphatic heterocycles. The van der Waals surface area contributed by atoms with Crippen molar-refractivity contribution in [2.45, 2.75) is 10.9 Å². The zero-order chi connectivity index (χ0) is 17.8. The lowest BCUT2D eigenvalue weighted by Gasteiger charge is -2.24. The summed E-state index contributed by atoms with van der Waals surface area (Å²) >= 11 is 3.90. The molecule has 0 saturated heterocycles. The van der Waals surface area contributed by atoms with Crippen LogP contribution >= 0.6 is 15.9 Å². The maximum Gasteiger partial charge on any atom is 0.182 e. The van der Waals surface area contributed by atoms with E-state index in [9.17, 15) is 0 Å². The summed E-state index contributed by atoms with van der Waals surface area (Å²) in [5.74, 6) is 0.750. The van der Waals surface area contributed by atoms with Crippen LogP contribution in [0.5, 0.6) is 0 Å². The van der Waals surface area contributed by atoms with E-state index in [1.807, 2.05) is 71.4 Å². The van der Waals surface area contributed by atoms with Gasteiger partial charge < -0.3 is 0 Å². The molecule has 0 N–H and O–H groups in total. The summed E-state index contributed by atoms with van der Waals surface area (Å²) in [7, 11) is 0. The molecule has 0 radical (unpaired) electrons. The van der Waals surface area contributed by atoms with E-state index in [2.05, 4.69) is 55.7 Å². The van der Waals surface area contributed by atoms with Gasteiger partial charge in [-0.3, -0.25) is 0 Å². The van der Waals surface area contributed by atoms with Gasteiger partial charge in [0.2, 0.25) is 0 Å². The second-order valence-corrected chi connectivity index (χ2v) is 6.97. The topological polar surface area (TPSA) is 43.6 Å². The fraction of sp³-hybridized carbons (Fsp3) is 0.0952. The van der Waals surface area contributed by atoms with Crippen molar-refractivity contribution in [1.29, 1.82) is 0 Å². The average Bonchev–Trinajstić information content (AvgIpc) is 3.19. The third-order valence-corrected chi connectivity index (χ3v) is 5.35. The van der Waals surface area contributed by atoms with Crippen LogP contribution in [0.4, 0.5) is 0 Å². The van der Waals surface area contributed by atoms with Crippen LogP contribution in [0.2, 0.25) is 0 Å². The molecule has 0 fully saturated rings. The van der Waals surface area contributed by atoms with Gasteiger partial charge in [0.05, 0.1) is 10.9 Å². The Kier molecular flexibility index (Phi) is 4.88. The number of aromatic nitrogens is 4. The predicted octanol–water partition coefficient (Wildman–Crippen LogP) is 5.07. The Morgan fingerprint density at radius 3 is 1.85 bits per heavy atom. The summed E-state index contributed by atoms with van der Waals surface area (Å²) in [6.45, 7) is 0. The van der Waals surface area contributed by atoms with Gasteiger partial charge in [-0.25, -0.2) is 4.68 Å². The number of nitrogens with zero attached hydrogens (tertiary/aromatic N) is 4. The molecule has 2 atom stereocenters. The summed E-state index contributed by atoms with van der Waals surface area (Å²) in [5.41, 5.74) is 3.31. The Hall–Kier alpha value is -2.79. The van der Waals surface area contributed by atoms with Gasteiger partial charge in [0.1, 0.15) is 0 Å². The van der Waals surface area contributed by atoms with E-state index < -0.39 is 0 Å². The highest BCUT2D eigenvalue weighted by atomic mass is 79.9. The van der Waals surface area contributed by atoms with Crippen molar-refractivity contribution in [3.05, 3.63) is 102 Å². The summed E-state index contributed by atoms with van der Waals surface area (Å²) in [5, 5.41) is 12.6. The molecular weight excluding hydrogens is 388 g/mol. The molecule has 0 unspecified atom stereocenters. The predicted molar refractivity (Wildman–Crippen MR) is 106 cm³/mol. The molecule has 1 heterocycles. The molecule has 4 nitrogen and oxygen atoms in total. The first-order chi connectivity index (χ1) is 12.8. The first-order valence-electron chi connectivity index (χ1n) is 8.42. The van der Waals surface area contributed by atoms with Crippen molar-refractivity contribution in [3.8, 4) is 11.4 Å². The second-order valence-electron chi connectivity index (χ2n) is 5.98. The van der Waals surface area contributed by atoms with Gasteiger partial charge in [-0.2, -0.15) is 0 Å². The monoisotopic (exact) mass is 404 g/mol.